The molecule has 0 spiro atoms. The fourth-order valence-electron chi connectivity index (χ4n) is 1.78. The standard InChI is InChI=1S/C15H15ClFNO/c1-10(18)13-8-12(17)6-7-15(13)19-9-11-4-2-3-5-14(11)16/h2-8,10H,9,18H2,1H3/t10-/m1/s1. The highest BCUT2D eigenvalue weighted by Gasteiger charge is 2.10. The molecule has 4 heteroatoms. The fraction of sp³-hybridized carbons (Fsp3) is 0.200. The Morgan fingerprint density at radius 3 is 2.68 bits per heavy atom. The van der Waals surface area contributed by atoms with E-state index in [0.717, 1.165) is 5.56 Å². The van der Waals surface area contributed by atoms with Gasteiger partial charge in [-0.15, -0.1) is 0 Å². The van der Waals surface area contributed by atoms with Crippen molar-refractivity contribution in [3.8, 4) is 5.75 Å². The molecule has 0 radical (unpaired) electrons. The van der Waals surface area contributed by atoms with Crippen molar-refractivity contribution in [2.24, 2.45) is 5.73 Å². The Balaban J connectivity index is 2.18. The molecule has 0 heterocycles. The van der Waals surface area contributed by atoms with Crippen molar-refractivity contribution in [3.05, 3.63) is 64.4 Å². The normalized spacial score (nSPS) is 12.2. The average molecular weight is 280 g/mol. The zero-order valence-electron chi connectivity index (χ0n) is 10.6. The van der Waals surface area contributed by atoms with Crippen molar-refractivity contribution in [1.82, 2.24) is 0 Å². The zero-order valence-corrected chi connectivity index (χ0v) is 11.3. The van der Waals surface area contributed by atoms with Crippen LogP contribution in [0.15, 0.2) is 42.5 Å². The van der Waals surface area contributed by atoms with Crippen LogP contribution in [0.1, 0.15) is 24.1 Å². The average Bonchev–Trinajstić information content (AvgIpc) is 2.38. The Hall–Kier alpha value is -1.58. The zero-order chi connectivity index (χ0) is 13.8. The molecule has 0 saturated carbocycles. The first-order valence-corrected chi connectivity index (χ1v) is 6.37. The summed E-state index contributed by atoms with van der Waals surface area (Å²) in [5.41, 5.74) is 7.33. The summed E-state index contributed by atoms with van der Waals surface area (Å²) in [5.74, 6) is 0.258. The lowest BCUT2D eigenvalue weighted by molar-refractivity contribution is 0.301. The first-order valence-electron chi connectivity index (χ1n) is 5.99. The SMILES string of the molecule is C[C@@H](N)c1cc(F)ccc1OCc1ccccc1Cl. The maximum Gasteiger partial charge on any atom is 0.124 e. The highest BCUT2D eigenvalue weighted by atomic mass is 35.5. The molecule has 0 fully saturated rings. The lowest BCUT2D eigenvalue weighted by Crippen LogP contribution is -2.08. The van der Waals surface area contributed by atoms with Crippen LogP contribution >= 0.6 is 11.6 Å². The summed E-state index contributed by atoms with van der Waals surface area (Å²) in [4.78, 5) is 0. The second-order valence-electron chi connectivity index (χ2n) is 4.35. The van der Waals surface area contributed by atoms with Gasteiger partial charge in [-0.25, -0.2) is 4.39 Å². The van der Waals surface area contributed by atoms with E-state index in [1.807, 2.05) is 18.2 Å². The Morgan fingerprint density at radius 1 is 1.26 bits per heavy atom. The lowest BCUT2D eigenvalue weighted by atomic mass is 10.1. The Labute approximate surface area is 117 Å². The summed E-state index contributed by atoms with van der Waals surface area (Å²) in [6.45, 7) is 2.11. The molecule has 0 aromatic heterocycles. The Kier molecular flexibility index (Phi) is 4.40. The van der Waals surface area contributed by atoms with Gasteiger partial charge in [0.15, 0.2) is 0 Å². The van der Waals surface area contributed by atoms with E-state index in [0.29, 0.717) is 22.9 Å². The highest BCUT2D eigenvalue weighted by molar-refractivity contribution is 6.31. The number of ether oxygens (including phenoxy) is 1. The molecular weight excluding hydrogens is 265 g/mol. The van der Waals surface area contributed by atoms with Gasteiger partial charge in [0.05, 0.1) is 0 Å². The van der Waals surface area contributed by atoms with Crippen molar-refractivity contribution in [2.45, 2.75) is 19.6 Å². The van der Waals surface area contributed by atoms with Gasteiger partial charge >= 0.3 is 0 Å². The molecule has 2 rings (SSSR count). The molecule has 0 aliphatic heterocycles. The maximum absolute atomic E-state index is 13.2. The first kappa shape index (κ1) is 13.8. The predicted octanol–water partition coefficient (Wildman–Crippen LogP) is 4.08. The van der Waals surface area contributed by atoms with Crippen LogP contribution < -0.4 is 10.5 Å². The molecule has 100 valence electrons. The quantitative estimate of drug-likeness (QED) is 0.915. The fourth-order valence-corrected chi connectivity index (χ4v) is 1.97. The van der Waals surface area contributed by atoms with Gasteiger partial charge in [-0.2, -0.15) is 0 Å². The van der Waals surface area contributed by atoms with Gasteiger partial charge in [0, 0.05) is 22.2 Å². The number of rotatable bonds is 4. The third kappa shape index (κ3) is 3.46. The molecule has 2 nitrogen and oxygen atoms in total. The summed E-state index contributed by atoms with van der Waals surface area (Å²) in [7, 11) is 0. The van der Waals surface area contributed by atoms with Crippen LogP contribution in [-0.2, 0) is 6.61 Å². The molecule has 0 bridgehead atoms. The minimum atomic E-state index is -0.322. The highest BCUT2D eigenvalue weighted by Crippen LogP contribution is 2.26. The second kappa shape index (κ2) is 6.04. The van der Waals surface area contributed by atoms with Crippen LogP contribution in [0, 0.1) is 5.82 Å². The molecule has 2 aromatic rings. The minimum Gasteiger partial charge on any atom is -0.489 e. The van der Waals surface area contributed by atoms with Crippen LogP contribution in [0.5, 0.6) is 5.75 Å². The van der Waals surface area contributed by atoms with Gasteiger partial charge in [-0.3, -0.25) is 0 Å². The van der Waals surface area contributed by atoms with Gasteiger partial charge in [0.25, 0.3) is 0 Å². The molecule has 2 N–H and O–H groups in total. The maximum atomic E-state index is 13.2. The van der Waals surface area contributed by atoms with Crippen LogP contribution in [0.2, 0.25) is 5.02 Å². The molecular formula is C15H15ClFNO. The van der Waals surface area contributed by atoms with Crippen molar-refractivity contribution in [3.63, 3.8) is 0 Å². The van der Waals surface area contributed by atoms with Crippen LogP contribution in [0.25, 0.3) is 0 Å². The molecule has 0 unspecified atom stereocenters. The van der Waals surface area contributed by atoms with Crippen LogP contribution in [0.4, 0.5) is 4.39 Å². The van der Waals surface area contributed by atoms with Gasteiger partial charge in [-0.1, -0.05) is 29.8 Å². The van der Waals surface area contributed by atoms with Gasteiger partial charge < -0.3 is 10.5 Å². The molecule has 2 aromatic carbocycles. The van der Waals surface area contributed by atoms with E-state index < -0.39 is 0 Å². The van der Waals surface area contributed by atoms with Crippen molar-refractivity contribution in [2.75, 3.05) is 0 Å². The lowest BCUT2D eigenvalue weighted by Gasteiger charge is -2.14. The molecule has 1 atom stereocenters. The van der Waals surface area contributed by atoms with E-state index >= 15 is 0 Å². The first-order chi connectivity index (χ1) is 9.08. The van der Waals surface area contributed by atoms with E-state index in [1.165, 1.54) is 12.1 Å². The summed E-state index contributed by atoms with van der Waals surface area (Å²) in [5, 5.41) is 0.645. The van der Waals surface area contributed by atoms with Crippen molar-refractivity contribution in [1.29, 1.82) is 0 Å². The molecule has 0 amide bonds. The number of hydrogen-bond acceptors (Lipinski definition) is 2. The predicted molar refractivity (Wildman–Crippen MR) is 74.8 cm³/mol. The summed E-state index contributed by atoms with van der Waals surface area (Å²) >= 11 is 6.05. The monoisotopic (exact) mass is 279 g/mol. The summed E-state index contributed by atoms with van der Waals surface area (Å²) in [6.07, 6.45) is 0. The smallest absolute Gasteiger partial charge is 0.124 e. The van der Waals surface area contributed by atoms with Crippen LogP contribution in [0.3, 0.4) is 0 Å². The van der Waals surface area contributed by atoms with E-state index in [9.17, 15) is 4.39 Å². The number of nitrogens with two attached hydrogens (primary N) is 1. The van der Waals surface area contributed by atoms with Gasteiger partial charge in [0.2, 0.25) is 0 Å². The molecule has 0 saturated heterocycles. The van der Waals surface area contributed by atoms with Gasteiger partial charge in [-0.05, 0) is 31.2 Å². The number of benzene rings is 2. The van der Waals surface area contributed by atoms with Crippen molar-refractivity contribution >= 4 is 11.6 Å². The van der Waals surface area contributed by atoms with E-state index in [-0.39, 0.29) is 11.9 Å². The summed E-state index contributed by atoms with van der Waals surface area (Å²) < 4.78 is 18.9. The third-order valence-electron chi connectivity index (χ3n) is 2.80. The number of halogens is 2. The van der Waals surface area contributed by atoms with Crippen molar-refractivity contribution < 1.29 is 9.13 Å². The van der Waals surface area contributed by atoms with Crippen LogP contribution in [-0.4, -0.2) is 0 Å². The number of hydrogen-bond donors (Lipinski definition) is 1. The van der Waals surface area contributed by atoms with E-state index in [1.54, 1.807) is 19.1 Å². The minimum absolute atomic E-state index is 0.294. The second-order valence-corrected chi connectivity index (χ2v) is 4.76. The Bertz CT molecular complexity index is 572. The Morgan fingerprint density at radius 2 is 2.00 bits per heavy atom. The topological polar surface area (TPSA) is 35.2 Å². The molecule has 0 aliphatic carbocycles. The molecule has 19 heavy (non-hydrogen) atoms. The van der Waals surface area contributed by atoms with E-state index in [4.69, 9.17) is 22.1 Å². The molecule has 0 aliphatic rings. The van der Waals surface area contributed by atoms with E-state index in [2.05, 4.69) is 0 Å². The van der Waals surface area contributed by atoms with Gasteiger partial charge in [0.1, 0.15) is 18.2 Å². The summed E-state index contributed by atoms with van der Waals surface area (Å²) in [6, 6.07) is 11.5. The largest absolute Gasteiger partial charge is 0.489 e. The third-order valence-corrected chi connectivity index (χ3v) is 3.17.